The van der Waals surface area contributed by atoms with Crippen LogP contribution in [0.15, 0.2) is 42.7 Å². The van der Waals surface area contributed by atoms with Gasteiger partial charge in [0.15, 0.2) is 0 Å². The molecule has 150 valence electrons. The predicted molar refractivity (Wildman–Crippen MR) is 112 cm³/mol. The number of benzene rings is 1. The highest BCUT2D eigenvalue weighted by molar-refractivity contribution is 6.02. The van der Waals surface area contributed by atoms with E-state index in [-0.39, 0.29) is 11.9 Å². The van der Waals surface area contributed by atoms with Crippen molar-refractivity contribution in [3.8, 4) is 11.1 Å². The van der Waals surface area contributed by atoms with Gasteiger partial charge in [0.05, 0.1) is 23.0 Å². The number of amides is 2. The van der Waals surface area contributed by atoms with Gasteiger partial charge in [0.25, 0.3) is 5.91 Å². The summed E-state index contributed by atoms with van der Waals surface area (Å²) in [6.45, 7) is 4.12. The zero-order valence-electron chi connectivity index (χ0n) is 16.6. The number of nitrogens with one attached hydrogen (secondary N) is 2. The summed E-state index contributed by atoms with van der Waals surface area (Å²) in [5.74, 6) is 0.0723. The Morgan fingerprint density at radius 2 is 2.07 bits per heavy atom. The Morgan fingerprint density at radius 1 is 1.28 bits per heavy atom. The number of aromatic nitrogens is 2. The van der Waals surface area contributed by atoms with Gasteiger partial charge in [0.2, 0.25) is 5.91 Å². The number of primary amides is 1. The minimum absolute atomic E-state index is 0.0614. The first-order valence-corrected chi connectivity index (χ1v) is 9.84. The fourth-order valence-electron chi connectivity index (χ4n) is 3.58. The van der Waals surface area contributed by atoms with Crippen LogP contribution in [-0.2, 0) is 11.3 Å². The second-order valence-electron chi connectivity index (χ2n) is 7.74. The Hall–Kier alpha value is -3.35. The Labute approximate surface area is 169 Å². The second-order valence-corrected chi connectivity index (χ2v) is 7.74. The first-order valence-electron chi connectivity index (χ1n) is 9.84. The van der Waals surface area contributed by atoms with Crippen LogP contribution in [0.3, 0.4) is 0 Å². The maximum Gasteiger partial charge on any atom is 0.252 e. The van der Waals surface area contributed by atoms with E-state index in [1.54, 1.807) is 4.52 Å². The number of carbonyl (C=O) groups is 2. The van der Waals surface area contributed by atoms with Gasteiger partial charge in [0, 0.05) is 31.3 Å². The lowest BCUT2D eigenvalue weighted by molar-refractivity contribution is -0.119. The topological polar surface area (TPSA) is 102 Å². The van der Waals surface area contributed by atoms with Gasteiger partial charge < -0.3 is 16.4 Å². The van der Waals surface area contributed by atoms with E-state index in [1.807, 2.05) is 36.5 Å². The van der Waals surface area contributed by atoms with Crippen molar-refractivity contribution in [1.29, 1.82) is 0 Å². The second kappa shape index (κ2) is 7.58. The lowest BCUT2D eigenvalue weighted by Gasteiger charge is -2.17. The van der Waals surface area contributed by atoms with Crippen LogP contribution < -0.4 is 16.4 Å². The molecule has 1 saturated carbocycles. The molecule has 3 aromatic rings. The van der Waals surface area contributed by atoms with Gasteiger partial charge in [-0.15, -0.1) is 0 Å². The summed E-state index contributed by atoms with van der Waals surface area (Å²) in [6, 6.07) is 10.3. The summed E-state index contributed by atoms with van der Waals surface area (Å²) in [5, 5.41) is 10.7. The lowest BCUT2D eigenvalue weighted by Crippen LogP contribution is -2.22. The number of hydrogen-bond acceptors (Lipinski definition) is 4. The van der Waals surface area contributed by atoms with E-state index >= 15 is 0 Å². The molecule has 4 rings (SSSR count). The van der Waals surface area contributed by atoms with Crippen molar-refractivity contribution in [2.45, 2.75) is 39.3 Å². The van der Waals surface area contributed by atoms with Gasteiger partial charge in [-0.25, -0.2) is 4.52 Å². The van der Waals surface area contributed by atoms with Crippen LogP contribution in [0.4, 0.5) is 5.69 Å². The molecule has 1 aliphatic carbocycles. The molecule has 1 aliphatic rings. The Balaban J connectivity index is 1.73. The molecule has 0 spiro atoms. The van der Waals surface area contributed by atoms with Gasteiger partial charge in [-0.1, -0.05) is 18.2 Å². The van der Waals surface area contributed by atoms with Crippen LogP contribution in [-0.4, -0.2) is 27.5 Å². The average Bonchev–Trinajstić information content (AvgIpc) is 3.45. The van der Waals surface area contributed by atoms with E-state index in [2.05, 4.69) is 22.7 Å². The molecule has 2 aromatic heterocycles. The number of nitrogens with two attached hydrogens (primary N) is 1. The fourth-order valence-corrected chi connectivity index (χ4v) is 3.58. The van der Waals surface area contributed by atoms with E-state index in [1.165, 1.54) is 26.0 Å². The molecule has 1 atom stereocenters. The molecule has 0 bridgehead atoms. The van der Waals surface area contributed by atoms with Gasteiger partial charge >= 0.3 is 0 Å². The first-order chi connectivity index (χ1) is 13.9. The number of rotatable bonds is 7. The molecule has 0 aliphatic heterocycles. The van der Waals surface area contributed by atoms with E-state index in [0.29, 0.717) is 18.0 Å². The van der Waals surface area contributed by atoms with Crippen molar-refractivity contribution in [2.75, 3.05) is 5.32 Å². The summed E-state index contributed by atoms with van der Waals surface area (Å²) >= 11 is 0. The molecular weight excluding hydrogens is 366 g/mol. The number of fused-ring (bicyclic) bond motifs is 1. The smallest absolute Gasteiger partial charge is 0.252 e. The molecule has 7 heteroatoms. The Morgan fingerprint density at radius 3 is 2.76 bits per heavy atom. The molecule has 0 saturated heterocycles. The Bertz CT molecular complexity index is 1080. The summed E-state index contributed by atoms with van der Waals surface area (Å²) in [4.78, 5) is 23.2. The molecule has 4 N–H and O–H groups in total. The molecule has 29 heavy (non-hydrogen) atoms. The minimum Gasteiger partial charge on any atom is -0.380 e. The maximum absolute atomic E-state index is 12.0. The van der Waals surface area contributed by atoms with Crippen LogP contribution in [0.5, 0.6) is 0 Å². The molecular formula is C22H25N5O2. The summed E-state index contributed by atoms with van der Waals surface area (Å²) in [6.07, 6.45) is 5.86. The summed E-state index contributed by atoms with van der Waals surface area (Å²) < 4.78 is 1.77. The number of hydrogen-bond donors (Lipinski definition) is 3. The van der Waals surface area contributed by atoms with Gasteiger partial charge in [-0.2, -0.15) is 5.10 Å². The average molecular weight is 391 g/mol. The summed E-state index contributed by atoms with van der Waals surface area (Å²) in [7, 11) is 0. The highest BCUT2D eigenvalue weighted by atomic mass is 16.1. The monoisotopic (exact) mass is 391 g/mol. The van der Waals surface area contributed by atoms with E-state index in [9.17, 15) is 9.59 Å². The normalized spacial score (nSPS) is 14.6. The molecule has 0 radical (unpaired) electrons. The molecule has 7 nitrogen and oxygen atoms in total. The van der Waals surface area contributed by atoms with Crippen molar-refractivity contribution in [1.82, 2.24) is 14.9 Å². The van der Waals surface area contributed by atoms with Gasteiger partial charge in [0.1, 0.15) is 0 Å². The third kappa shape index (κ3) is 4.08. The van der Waals surface area contributed by atoms with Crippen molar-refractivity contribution in [3.63, 3.8) is 0 Å². The van der Waals surface area contributed by atoms with Crippen LogP contribution in [0, 0.1) is 5.92 Å². The van der Waals surface area contributed by atoms with Crippen molar-refractivity contribution < 1.29 is 9.59 Å². The Kier molecular flexibility index (Phi) is 4.96. The fraction of sp³-hybridized carbons (Fsp3) is 0.318. The van der Waals surface area contributed by atoms with Crippen LogP contribution in [0.1, 0.15) is 42.6 Å². The molecule has 1 fully saturated rings. The molecule has 0 unspecified atom stereocenters. The van der Waals surface area contributed by atoms with E-state index < -0.39 is 5.91 Å². The van der Waals surface area contributed by atoms with Gasteiger partial charge in [-0.3, -0.25) is 9.59 Å². The summed E-state index contributed by atoms with van der Waals surface area (Å²) in [5.41, 5.74) is 10.6. The molecule has 1 aromatic carbocycles. The third-order valence-corrected chi connectivity index (χ3v) is 5.41. The van der Waals surface area contributed by atoms with E-state index in [4.69, 9.17) is 5.73 Å². The van der Waals surface area contributed by atoms with Crippen molar-refractivity contribution >= 4 is 23.0 Å². The highest BCUT2D eigenvalue weighted by Crippen LogP contribution is 2.36. The predicted octanol–water partition coefficient (Wildman–Crippen LogP) is 2.95. The SMILES string of the molecule is CC(=O)NCc1cccc(-c2cc3c(N[C@H](C)C4CC4)c(C(N)=O)cnn3c2)c1. The highest BCUT2D eigenvalue weighted by Gasteiger charge is 2.29. The van der Waals surface area contributed by atoms with Gasteiger partial charge in [-0.05, 0) is 48.9 Å². The van der Waals surface area contributed by atoms with Crippen molar-refractivity contribution in [2.24, 2.45) is 11.7 Å². The molecule has 2 heterocycles. The standard InChI is InChI=1S/C22H25N5O2/c1-13(16-6-7-16)26-21-19(22(23)29)11-25-27-12-18(9-20(21)27)17-5-3-4-15(8-17)10-24-14(2)28/h3-5,8-9,11-13,16,26H,6-7,10H2,1-2H3,(H2,23,29)(H,24,28)/t13-/m1/s1. The largest absolute Gasteiger partial charge is 0.380 e. The van der Waals surface area contributed by atoms with Crippen LogP contribution >= 0.6 is 0 Å². The quantitative estimate of drug-likeness (QED) is 0.576. The van der Waals surface area contributed by atoms with Crippen molar-refractivity contribution in [3.05, 3.63) is 53.9 Å². The number of carbonyl (C=O) groups excluding carboxylic acids is 2. The zero-order valence-corrected chi connectivity index (χ0v) is 16.6. The third-order valence-electron chi connectivity index (χ3n) is 5.41. The van der Waals surface area contributed by atoms with E-state index in [0.717, 1.165) is 27.9 Å². The number of nitrogens with zero attached hydrogens (tertiary/aromatic N) is 2. The lowest BCUT2D eigenvalue weighted by atomic mass is 10.1. The maximum atomic E-state index is 12.0. The molecule has 2 amide bonds. The van der Waals surface area contributed by atoms with Crippen LogP contribution in [0.2, 0.25) is 0 Å². The number of anilines is 1. The zero-order chi connectivity index (χ0) is 20.5. The van der Waals surface area contributed by atoms with Crippen LogP contribution in [0.25, 0.3) is 16.6 Å². The first kappa shape index (κ1) is 19.0. The minimum atomic E-state index is -0.495.